The molecule has 0 aliphatic carbocycles. The van der Waals surface area contributed by atoms with E-state index < -0.39 is 0 Å². The minimum absolute atomic E-state index is 0.0698. The summed E-state index contributed by atoms with van der Waals surface area (Å²) in [5, 5.41) is 7.44. The van der Waals surface area contributed by atoms with E-state index in [9.17, 15) is 0 Å². The van der Waals surface area contributed by atoms with Crippen molar-refractivity contribution in [2.45, 2.75) is 32.8 Å². The molecule has 0 atom stereocenters. The van der Waals surface area contributed by atoms with Gasteiger partial charge in [-0.15, -0.1) is 0 Å². The average molecular weight is 327 g/mol. The lowest BCUT2D eigenvalue weighted by Gasteiger charge is -2.19. The summed E-state index contributed by atoms with van der Waals surface area (Å²) >= 11 is 3.42. The minimum Gasteiger partial charge on any atom is -0.376 e. The van der Waals surface area contributed by atoms with Gasteiger partial charge in [0.15, 0.2) is 5.65 Å². The molecule has 5 nitrogen and oxygen atoms in total. The third kappa shape index (κ3) is 4.18. The highest BCUT2D eigenvalue weighted by Gasteiger charge is 2.09. The Morgan fingerprint density at radius 1 is 1.42 bits per heavy atom. The van der Waals surface area contributed by atoms with E-state index in [0.717, 1.165) is 35.5 Å². The number of hydrogen-bond donors (Lipinski definition) is 1. The third-order valence-corrected chi connectivity index (χ3v) is 3.05. The van der Waals surface area contributed by atoms with Crippen LogP contribution in [0.1, 0.15) is 27.2 Å². The van der Waals surface area contributed by atoms with Crippen molar-refractivity contribution in [3.05, 3.63) is 22.9 Å². The fourth-order valence-electron chi connectivity index (χ4n) is 1.61. The fourth-order valence-corrected chi connectivity index (χ4v) is 1.97. The van der Waals surface area contributed by atoms with Crippen molar-refractivity contribution in [3.8, 4) is 0 Å². The second-order valence-electron chi connectivity index (χ2n) is 5.31. The first-order chi connectivity index (χ1) is 8.96. The summed E-state index contributed by atoms with van der Waals surface area (Å²) in [5.74, 6) is 0.851. The Labute approximate surface area is 121 Å². The predicted molar refractivity (Wildman–Crippen MR) is 79.5 cm³/mol. The van der Waals surface area contributed by atoms with Gasteiger partial charge in [-0.3, -0.25) is 0 Å². The van der Waals surface area contributed by atoms with E-state index in [1.165, 1.54) is 0 Å². The van der Waals surface area contributed by atoms with Crippen molar-refractivity contribution < 1.29 is 4.74 Å². The van der Waals surface area contributed by atoms with Crippen molar-refractivity contribution >= 4 is 27.4 Å². The van der Waals surface area contributed by atoms with Crippen LogP contribution in [0.4, 0.5) is 5.82 Å². The number of nitrogens with one attached hydrogen (secondary N) is 1. The maximum Gasteiger partial charge on any atom is 0.171 e. The molecule has 19 heavy (non-hydrogen) atoms. The van der Waals surface area contributed by atoms with Gasteiger partial charge in [-0.05, 0) is 49.2 Å². The summed E-state index contributed by atoms with van der Waals surface area (Å²) in [6.07, 6.45) is 4.58. The van der Waals surface area contributed by atoms with E-state index in [-0.39, 0.29) is 5.60 Å². The second-order valence-corrected chi connectivity index (χ2v) is 6.17. The Kier molecular flexibility index (Phi) is 4.42. The van der Waals surface area contributed by atoms with Crippen LogP contribution in [0.25, 0.3) is 5.65 Å². The Bertz CT molecular complexity index is 547. The van der Waals surface area contributed by atoms with E-state index in [1.807, 2.05) is 12.3 Å². The van der Waals surface area contributed by atoms with Gasteiger partial charge in [0.2, 0.25) is 0 Å². The van der Waals surface area contributed by atoms with Gasteiger partial charge in [-0.25, -0.2) is 9.50 Å². The first kappa shape index (κ1) is 14.3. The summed E-state index contributed by atoms with van der Waals surface area (Å²) in [5.41, 5.74) is 0.746. The molecule has 0 bridgehead atoms. The van der Waals surface area contributed by atoms with Crippen LogP contribution in [0, 0.1) is 0 Å². The van der Waals surface area contributed by atoms with Gasteiger partial charge < -0.3 is 10.1 Å². The summed E-state index contributed by atoms with van der Waals surface area (Å²) in [6, 6.07) is 1.91. The molecule has 0 saturated carbocycles. The topological polar surface area (TPSA) is 51.5 Å². The lowest BCUT2D eigenvalue weighted by molar-refractivity contribution is -0.00279. The van der Waals surface area contributed by atoms with Crippen LogP contribution in [0.3, 0.4) is 0 Å². The lowest BCUT2D eigenvalue weighted by atomic mass is 10.2. The normalized spacial score (nSPS) is 12.0. The maximum atomic E-state index is 5.66. The summed E-state index contributed by atoms with van der Waals surface area (Å²) in [4.78, 5) is 4.48. The number of aromatic nitrogens is 3. The highest BCUT2D eigenvalue weighted by atomic mass is 79.9. The van der Waals surface area contributed by atoms with Crippen LogP contribution in [-0.4, -0.2) is 33.4 Å². The highest BCUT2D eigenvalue weighted by molar-refractivity contribution is 9.10. The zero-order valence-electron chi connectivity index (χ0n) is 11.5. The largest absolute Gasteiger partial charge is 0.376 e. The molecule has 2 aromatic heterocycles. The molecule has 2 aromatic rings. The quantitative estimate of drug-likeness (QED) is 0.858. The monoisotopic (exact) mass is 326 g/mol. The molecular weight excluding hydrogens is 308 g/mol. The molecule has 6 heteroatoms. The zero-order valence-corrected chi connectivity index (χ0v) is 13.1. The van der Waals surface area contributed by atoms with Gasteiger partial charge in [0, 0.05) is 19.3 Å². The molecule has 2 heterocycles. The molecule has 1 N–H and O–H groups in total. The van der Waals surface area contributed by atoms with E-state index in [1.54, 1.807) is 10.7 Å². The first-order valence-electron chi connectivity index (χ1n) is 6.33. The second kappa shape index (κ2) is 5.88. The summed E-state index contributed by atoms with van der Waals surface area (Å²) < 4.78 is 8.29. The van der Waals surface area contributed by atoms with Crippen LogP contribution >= 0.6 is 15.9 Å². The van der Waals surface area contributed by atoms with E-state index in [4.69, 9.17) is 4.74 Å². The lowest BCUT2D eigenvalue weighted by Crippen LogP contribution is -2.20. The zero-order chi connectivity index (χ0) is 13.9. The Hall–Kier alpha value is -1.14. The van der Waals surface area contributed by atoms with Gasteiger partial charge in [-0.1, -0.05) is 0 Å². The van der Waals surface area contributed by atoms with E-state index in [2.05, 4.69) is 52.1 Å². The van der Waals surface area contributed by atoms with Crippen LogP contribution in [-0.2, 0) is 4.74 Å². The number of halogens is 1. The molecule has 2 rings (SSSR count). The van der Waals surface area contributed by atoms with Crippen LogP contribution in [0.15, 0.2) is 22.9 Å². The van der Waals surface area contributed by atoms with Crippen LogP contribution in [0.2, 0.25) is 0 Å². The summed E-state index contributed by atoms with van der Waals surface area (Å²) in [7, 11) is 0. The van der Waals surface area contributed by atoms with E-state index in [0.29, 0.717) is 0 Å². The first-order valence-corrected chi connectivity index (χ1v) is 7.13. The standard InChI is InChI=1S/C13H19BrN4O/c1-13(2,3)19-8-4-6-15-11-5-7-18-12(17-11)10(14)9-16-18/h5,7,9H,4,6,8H2,1-3H3,(H,15,17). The molecule has 104 valence electrons. The Morgan fingerprint density at radius 3 is 2.95 bits per heavy atom. The van der Waals surface area contributed by atoms with Gasteiger partial charge in [0.1, 0.15) is 5.82 Å². The van der Waals surface area contributed by atoms with Crippen molar-refractivity contribution in [2.24, 2.45) is 0 Å². The summed E-state index contributed by atoms with van der Waals surface area (Å²) in [6.45, 7) is 7.77. The third-order valence-electron chi connectivity index (χ3n) is 2.49. The molecule has 0 spiro atoms. The number of fused-ring (bicyclic) bond motifs is 1. The molecule has 0 amide bonds. The van der Waals surface area contributed by atoms with Crippen molar-refractivity contribution in [3.63, 3.8) is 0 Å². The number of nitrogens with zero attached hydrogens (tertiary/aromatic N) is 3. The minimum atomic E-state index is -0.0698. The molecule has 0 aliphatic rings. The van der Waals surface area contributed by atoms with Gasteiger partial charge in [0.05, 0.1) is 16.3 Å². The molecular formula is C13H19BrN4O. The number of ether oxygens (including phenoxy) is 1. The molecule has 0 fully saturated rings. The van der Waals surface area contributed by atoms with E-state index >= 15 is 0 Å². The van der Waals surface area contributed by atoms with Crippen LogP contribution in [0.5, 0.6) is 0 Å². The van der Waals surface area contributed by atoms with Crippen molar-refractivity contribution in [1.29, 1.82) is 0 Å². The van der Waals surface area contributed by atoms with Crippen molar-refractivity contribution in [1.82, 2.24) is 14.6 Å². The Morgan fingerprint density at radius 2 is 2.21 bits per heavy atom. The van der Waals surface area contributed by atoms with Gasteiger partial charge in [-0.2, -0.15) is 5.10 Å². The van der Waals surface area contributed by atoms with Crippen molar-refractivity contribution in [2.75, 3.05) is 18.5 Å². The molecule has 0 unspecified atom stereocenters. The molecule has 0 aromatic carbocycles. The average Bonchev–Trinajstić information content (AvgIpc) is 2.69. The molecule has 0 radical (unpaired) electrons. The van der Waals surface area contributed by atoms with Gasteiger partial charge >= 0.3 is 0 Å². The van der Waals surface area contributed by atoms with Crippen LogP contribution < -0.4 is 5.32 Å². The predicted octanol–water partition coefficient (Wildman–Crippen LogP) is 3.11. The molecule has 0 saturated heterocycles. The fraction of sp³-hybridized carbons (Fsp3) is 0.538. The Balaban J connectivity index is 1.83. The highest BCUT2D eigenvalue weighted by Crippen LogP contribution is 2.16. The number of hydrogen-bond acceptors (Lipinski definition) is 4. The smallest absolute Gasteiger partial charge is 0.171 e. The van der Waals surface area contributed by atoms with Gasteiger partial charge in [0.25, 0.3) is 0 Å². The number of anilines is 1. The SMILES string of the molecule is CC(C)(C)OCCCNc1ccn2ncc(Br)c2n1. The number of rotatable bonds is 5. The maximum absolute atomic E-state index is 5.66. The molecule has 0 aliphatic heterocycles.